The number of rotatable bonds is 5. The second-order valence-corrected chi connectivity index (χ2v) is 7.52. The Morgan fingerprint density at radius 3 is 2.66 bits per heavy atom. The molecule has 0 radical (unpaired) electrons. The molecule has 2 N–H and O–H groups in total. The highest BCUT2D eigenvalue weighted by Gasteiger charge is 2.33. The highest BCUT2D eigenvalue weighted by atomic mass is 32.2. The van der Waals surface area contributed by atoms with Crippen molar-refractivity contribution in [3.05, 3.63) is 64.6 Å². The van der Waals surface area contributed by atoms with Crippen molar-refractivity contribution in [3.8, 4) is 5.75 Å². The molecule has 3 rings (SSSR count). The summed E-state index contributed by atoms with van der Waals surface area (Å²) in [5.41, 5.74) is -0.632. The first-order valence-electron chi connectivity index (χ1n) is 8.16. The predicted molar refractivity (Wildman–Crippen MR) is 108 cm³/mol. The Morgan fingerprint density at radius 1 is 1.21 bits per heavy atom. The Kier molecular flexibility index (Phi) is 6.23. The third-order valence-electron chi connectivity index (χ3n) is 3.67. The maximum atomic E-state index is 13.0. The average molecular weight is 438 g/mol. The number of carbonyl (C=O) groups excluding carboxylic acids is 2. The SMILES string of the molecule is O=C(COc1cccc(/C=C2\SC(=S)NC2=O)c1)Nc1ccccc1C(F)(F)F. The van der Waals surface area contributed by atoms with Crippen molar-refractivity contribution in [2.45, 2.75) is 6.18 Å². The number of alkyl halides is 3. The Morgan fingerprint density at radius 2 is 1.97 bits per heavy atom. The van der Waals surface area contributed by atoms with Crippen LogP contribution in [0.25, 0.3) is 6.08 Å². The first-order chi connectivity index (χ1) is 13.7. The topological polar surface area (TPSA) is 67.4 Å². The van der Waals surface area contributed by atoms with Crippen molar-refractivity contribution in [1.82, 2.24) is 5.32 Å². The fraction of sp³-hybridized carbons (Fsp3) is 0.105. The third-order valence-corrected chi connectivity index (χ3v) is 4.84. The minimum Gasteiger partial charge on any atom is -0.484 e. The van der Waals surface area contributed by atoms with Gasteiger partial charge >= 0.3 is 6.18 Å². The van der Waals surface area contributed by atoms with Crippen molar-refractivity contribution >= 4 is 51.9 Å². The summed E-state index contributed by atoms with van der Waals surface area (Å²) in [6.07, 6.45) is -2.97. The Bertz CT molecular complexity index is 1010. The van der Waals surface area contributed by atoms with Gasteiger partial charge in [0.1, 0.15) is 10.1 Å². The number of hydrogen-bond acceptors (Lipinski definition) is 5. The number of amides is 2. The van der Waals surface area contributed by atoms with Crippen molar-refractivity contribution in [1.29, 1.82) is 0 Å². The lowest BCUT2D eigenvalue weighted by Crippen LogP contribution is -2.22. The van der Waals surface area contributed by atoms with E-state index in [0.29, 0.717) is 20.5 Å². The quantitative estimate of drug-likeness (QED) is 0.541. The van der Waals surface area contributed by atoms with Gasteiger partial charge in [-0.1, -0.05) is 48.2 Å². The van der Waals surface area contributed by atoms with Crippen molar-refractivity contribution in [2.24, 2.45) is 0 Å². The molecule has 150 valence electrons. The van der Waals surface area contributed by atoms with Gasteiger partial charge in [0.25, 0.3) is 11.8 Å². The maximum absolute atomic E-state index is 13.0. The van der Waals surface area contributed by atoms with Gasteiger partial charge in [0.15, 0.2) is 6.61 Å². The van der Waals surface area contributed by atoms with E-state index in [9.17, 15) is 22.8 Å². The van der Waals surface area contributed by atoms with Gasteiger partial charge in [0.05, 0.1) is 16.2 Å². The molecule has 0 aromatic heterocycles. The third kappa shape index (κ3) is 5.58. The fourth-order valence-electron chi connectivity index (χ4n) is 2.44. The monoisotopic (exact) mass is 438 g/mol. The molecule has 1 heterocycles. The second kappa shape index (κ2) is 8.66. The van der Waals surface area contributed by atoms with Gasteiger partial charge in [-0.25, -0.2) is 0 Å². The van der Waals surface area contributed by atoms with E-state index < -0.39 is 24.3 Å². The van der Waals surface area contributed by atoms with Crippen molar-refractivity contribution in [3.63, 3.8) is 0 Å². The minimum absolute atomic E-state index is 0.297. The zero-order chi connectivity index (χ0) is 21.0. The normalized spacial score (nSPS) is 15.3. The van der Waals surface area contributed by atoms with Gasteiger partial charge in [-0.15, -0.1) is 0 Å². The van der Waals surface area contributed by atoms with Crippen molar-refractivity contribution in [2.75, 3.05) is 11.9 Å². The summed E-state index contributed by atoms with van der Waals surface area (Å²) >= 11 is 6.05. The summed E-state index contributed by atoms with van der Waals surface area (Å²) in [6.45, 7) is -0.481. The van der Waals surface area contributed by atoms with Crippen LogP contribution >= 0.6 is 24.0 Å². The minimum atomic E-state index is -4.58. The largest absolute Gasteiger partial charge is 0.484 e. The summed E-state index contributed by atoms with van der Waals surface area (Å²) < 4.78 is 44.7. The summed E-state index contributed by atoms with van der Waals surface area (Å²) in [7, 11) is 0. The Balaban J connectivity index is 1.64. The summed E-state index contributed by atoms with van der Waals surface area (Å²) in [6, 6.07) is 11.3. The zero-order valence-corrected chi connectivity index (χ0v) is 16.2. The van der Waals surface area contributed by atoms with E-state index in [1.165, 1.54) is 18.2 Å². The lowest BCUT2D eigenvalue weighted by Gasteiger charge is -2.14. The molecule has 0 saturated carbocycles. The molecule has 2 amide bonds. The van der Waals surface area contributed by atoms with Crippen LogP contribution in [-0.4, -0.2) is 22.7 Å². The molecule has 0 bridgehead atoms. The molecule has 2 aromatic carbocycles. The van der Waals surface area contributed by atoms with Crippen LogP contribution in [0.2, 0.25) is 0 Å². The van der Waals surface area contributed by atoms with Crippen LogP contribution in [0.5, 0.6) is 5.75 Å². The lowest BCUT2D eigenvalue weighted by molar-refractivity contribution is -0.137. The smallest absolute Gasteiger partial charge is 0.418 e. The summed E-state index contributed by atoms with van der Waals surface area (Å²) in [5.74, 6) is -0.708. The highest BCUT2D eigenvalue weighted by molar-refractivity contribution is 8.26. The van der Waals surface area contributed by atoms with Gasteiger partial charge in [-0.2, -0.15) is 13.2 Å². The molecule has 0 unspecified atom stereocenters. The first kappa shape index (κ1) is 20.9. The van der Waals surface area contributed by atoms with Gasteiger partial charge in [0, 0.05) is 0 Å². The van der Waals surface area contributed by atoms with Gasteiger partial charge < -0.3 is 15.4 Å². The van der Waals surface area contributed by atoms with E-state index in [1.54, 1.807) is 30.3 Å². The van der Waals surface area contributed by atoms with Crippen LogP contribution in [0, 0.1) is 0 Å². The fourth-order valence-corrected chi connectivity index (χ4v) is 3.49. The van der Waals surface area contributed by atoms with Crippen LogP contribution in [-0.2, 0) is 15.8 Å². The van der Waals surface area contributed by atoms with E-state index in [0.717, 1.165) is 17.8 Å². The van der Waals surface area contributed by atoms with Gasteiger partial charge in [0.2, 0.25) is 0 Å². The Labute approximate surface area is 173 Å². The molecule has 0 spiro atoms. The van der Waals surface area contributed by atoms with Crippen molar-refractivity contribution < 1.29 is 27.5 Å². The molecule has 1 aliphatic rings. The maximum Gasteiger partial charge on any atom is 0.418 e. The molecule has 10 heteroatoms. The molecule has 5 nitrogen and oxygen atoms in total. The van der Waals surface area contributed by atoms with Crippen LogP contribution < -0.4 is 15.4 Å². The number of thiocarbonyl (C=S) groups is 1. The molecule has 1 aliphatic heterocycles. The van der Waals surface area contributed by atoms with Crippen LogP contribution in [0.15, 0.2) is 53.4 Å². The number of benzene rings is 2. The van der Waals surface area contributed by atoms with Crippen LogP contribution in [0.3, 0.4) is 0 Å². The predicted octanol–water partition coefficient (Wildman–Crippen LogP) is 4.21. The number of carbonyl (C=O) groups is 2. The summed E-state index contributed by atoms with van der Waals surface area (Å²) in [5, 5.41) is 4.71. The van der Waals surface area contributed by atoms with E-state index in [4.69, 9.17) is 17.0 Å². The van der Waals surface area contributed by atoms with Gasteiger partial charge in [-0.05, 0) is 35.9 Å². The Hall–Kier alpha value is -2.85. The van der Waals surface area contributed by atoms with Gasteiger partial charge in [-0.3, -0.25) is 9.59 Å². The lowest BCUT2D eigenvalue weighted by atomic mass is 10.1. The standard InChI is InChI=1S/C19H13F3N2O3S2/c20-19(21,22)13-6-1-2-7-14(13)23-16(25)10-27-12-5-3-4-11(8-12)9-15-17(26)24-18(28)29-15/h1-9H,10H2,(H,23,25)(H,24,26,28)/b15-9-. The first-order valence-corrected chi connectivity index (χ1v) is 9.38. The molecule has 0 atom stereocenters. The molecule has 2 aromatic rings. The zero-order valence-electron chi connectivity index (χ0n) is 14.6. The van der Waals surface area contributed by atoms with Crippen LogP contribution in [0.4, 0.5) is 18.9 Å². The molecule has 1 saturated heterocycles. The van der Waals surface area contributed by atoms with E-state index >= 15 is 0 Å². The molecule has 29 heavy (non-hydrogen) atoms. The highest BCUT2D eigenvalue weighted by Crippen LogP contribution is 2.34. The number of anilines is 1. The number of nitrogens with one attached hydrogen (secondary N) is 2. The molecular weight excluding hydrogens is 425 g/mol. The van der Waals surface area contributed by atoms with E-state index in [-0.39, 0.29) is 11.6 Å². The number of thioether (sulfide) groups is 1. The van der Waals surface area contributed by atoms with E-state index in [2.05, 4.69) is 10.6 Å². The average Bonchev–Trinajstić information content (AvgIpc) is 2.97. The second-order valence-electron chi connectivity index (χ2n) is 5.80. The molecular formula is C19H13F3N2O3S2. The van der Waals surface area contributed by atoms with Crippen LogP contribution in [0.1, 0.15) is 11.1 Å². The number of ether oxygens (including phenoxy) is 1. The number of halogens is 3. The number of para-hydroxylation sites is 1. The molecule has 1 fully saturated rings. The summed E-state index contributed by atoms with van der Waals surface area (Å²) in [4.78, 5) is 24.2. The number of hydrogen-bond donors (Lipinski definition) is 2. The van der Waals surface area contributed by atoms with E-state index in [1.807, 2.05) is 0 Å². The molecule has 0 aliphatic carbocycles.